The van der Waals surface area contributed by atoms with Gasteiger partial charge in [-0.25, -0.2) is 4.98 Å². The Kier molecular flexibility index (Phi) is 4.06. The summed E-state index contributed by atoms with van der Waals surface area (Å²) >= 11 is 0. The predicted molar refractivity (Wildman–Crippen MR) is 66.1 cm³/mol. The molecule has 1 aromatic heterocycles. The normalized spacial score (nSPS) is 20.1. The minimum atomic E-state index is -0.735. The van der Waals surface area contributed by atoms with E-state index in [1.807, 2.05) is 0 Å². The van der Waals surface area contributed by atoms with Crippen molar-refractivity contribution < 1.29 is 14.4 Å². The van der Waals surface area contributed by atoms with Crippen molar-refractivity contribution in [2.75, 3.05) is 0 Å². The smallest absolute Gasteiger partial charge is 0.220 e. The second kappa shape index (κ2) is 5.75. The summed E-state index contributed by atoms with van der Waals surface area (Å²) in [7, 11) is 0. The number of carbonyl (C=O) groups excluding carboxylic acids is 3. The van der Waals surface area contributed by atoms with Crippen molar-refractivity contribution in [1.29, 1.82) is 0 Å². The number of imidazole rings is 1. The molecular weight excluding hydrogens is 248 g/mol. The van der Waals surface area contributed by atoms with Crippen LogP contribution in [0.1, 0.15) is 25.0 Å². The van der Waals surface area contributed by atoms with Crippen LogP contribution in [0.15, 0.2) is 12.5 Å². The molecule has 0 saturated carbocycles. The summed E-state index contributed by atoms with van der Waals surface area (Å²) in [6, 6.07) is -1.27. The minimum absolute atomic E-state index is 0.146. The molecule has 2 heterocycles. The van der Waals surface area contributed by atoms with Crippen LogP contribution in [-0.2, 0) is 20.8 Å². The molecule has 0 bridgehead atoms. The Morgan fingerprint density at radius 2 is 2.32 bits per heavy atom. The molecule has 1 saturated heterocycles. The summed E-state index contributed by atoms with van der Waals surface area (Å²) < 4.78 is 0. The molecule has 0 spiro atoms. The fourth-order valence-electron chi connectivity index (χ4n) is 2.03. The van der Waals surface area contributed by atoms with Gasteiger partial charge in [0.05, 0.1) is 24.8 Å². The zero-order valence-corrected chi connectivity index (χ0v) is 10.4. The van der Waals surface area contributed by atoms with E-state index in [0.717, 1.165) is 5.69 Å². The number of nitrogens with one attached hydrogen (secondary N) is 2. The van der Waals surface area contributed by atoms with Crippen LogP contribution in [-0.4, -0.2) is 39.5 Å². The van der Waals surface area contributed by atoms with Crippen molar-refractivity contribution in [3.05, 3.63) is 18.2 Å². The van der Waals surface area contributed by atoms with Crippen molar-refractivity contribution >= 4 is 17.5 Å². The molecule has 0 aromatic carbocycles. The number of aromatic nitrogens is 2. The van der Waals surface area contributed by atoms with Gasteiger partial charge in [0, 0.05) is 24.7 Å². The molecular formula is C12H16N4O3. The quantitative estimate of drug-likeness (QED) is 0.575. The monoisotopic (exact) mass is 264 g/mol. The van der Waals surface area contributed by atoms with Gasteiger partial charge in [0.2, 0.25) is 5.91 Å². The Hall–Kier alpha value is -2.02. The highest BCUT2D eigenvalue weighted by molar-refractivity contribution is 6.05. The molecule has 4 N–H and O–H groups in total. The molecule has 1 amide bonds. The molecule has 2 rings (SSSR count). The van der Waals surface area contributed by atoms with E-state index in [2.05, 4.69) is 15.3 Å². The largest absolute Gasteiger partial charge is 0.348 e. The summed E-state index contributed by atoms with van der Waals surface area (Å²) in [6.45, 7) is 0. The molecule has 0 aliphatic carbocycles. The van der Waals surface area contributed by atoms with Crippen molar-refractivity contribution in [2.24, 2.45) is 5.73 Å². The first-order valence-corrected chi connectivity index (χ1v) is 6.14. The van der Waals surface area contributed by atoms with Gasteiger partial charge in [-0.3, -0.25) is 14.4 Å². The number of hydrogen-bond donors (Lipinski definition) is 3. The van der Waals surface area contributed by atoms with E-state index in [0.29, 0.717) is 19.3 Å². The molecule has 2 atom stereocenters. The van der Waals surface area contributed by atoms with E-state index in [9.17, 15) is 14.4 Å². The minimum Gasteiger partial charge on any atom is -0.348 e. The van der Waals surface area contributed by atoms with Gasteiger partial charge in [0.25, 0.3) is 0 Å². The molecule has 7 nitrogen and oxygen atoms in total. The van der Waals surface area contributed by atoms with Crippen LogP contribution < -0.4 is 11.1 Å². The maximum Gasteiger partial charge on any atom is 0.220 e. The molecule has 1 aromatic rings. The highest BCUT2D eigenvalue weighted by Crippen LogP contribution is 2.10. The number of aromatic amines is 1. The Balaban J connectivity index is 1.83. The first-order chi connectivity index (χ1) is 9.06. The number of nitrogens with two attached hydrogens (primary N) is 1. The third-order valence-electron chi connectivity index (χ3n) is 3.14. The standard InChI is InChI=1S/C12H16N4O3/c13-8(3-7-5-14-6-15-7)10(17)4-11(18)9-1-2-12(19)16-9/h5-6,8-9H,1-4,13H2,(H,14,15)(H,16,19)/t8-,9?/m0/s1. The average Bonchev–Trinajstić information content (AvgIpc) is 3.00. The molecule has 102 valence electrons. The Morgan fingerprint density at radius 1 is 1.53 bits per heavy atom. The number of ketones is 2. The molecule has 0 radical (unpaired) electrons. The number of amides is 1. The summed E-state index contributed by atoms with van der Waals surface area (Å²) in [5.74, 6) is -0.732. The van der Waals surface area contributed by atoms with Gasteiger partial charge in [-0.1, -0.05) is 0 Å². The molecule has 1 aliphatic rings. The molecule has 1 fully saturated rings. The van der Waals surface area contributed by atoms with E-state index >= 15 is 0 Å². The molecule has 19 heavy (non-hydrogen) atoms. The third kappa shape index (κ3) is 3.47. The lowest BCUT2D eigenvalue weighted by molar-refractivity contribution is -0.130. The van der Waals surface area contributed by atoms with Crippen LogP contribution in [0.4, 0.5) is 0 Å². The first kappa shape index (κ1) is 13.4. The van der Waals surface area contributed by atoms with Gasteiger partial charge in [-0.2, -0.15) is 0 Å². The van der Waals surface area contributed by atoms with Gasteiger partial charge in [-0.15, -0.1) is 0 Å². The first-order valence-electron chi connectivity index (χ1n) is 6.14. The summed E-state index contributed by atoms with van der Waals surface area (Å²) in [5, 5.41) is 2.55. The summed E-state index contributed by atoms with van der Waals surface area (Å²) in [6.07, 6.45) is 3.98. The van der Waals surface area contributed by atoms with E-state index in [4.69, 9.17) is 5.73 Å². The van der Waals surface area contributed by atoms with Crippen molar-refractivity contribution in [2.45, 2.75) is 37.8 Å². The Bertz CT molecular complexity index is 483. The zero-order chi connectivity index (χ0) is 13.8. The van der Waals surface area contributed by atoms with Gasteiger partial charge in [0.1, 0.15) is 0 Å². The maximum absolute atomic E-state index is 11.8. The second-order valence-electron chi connectivity index (χ2n) is 4.66. The van der Waals surface area contributed by atoms with Crippen molar-refractivity contribution in [3.63, 3.8) is 0 Å². The second-order valence-corrected chi connectivity index (χ2v) is 4.66. The molecule has 7 heteroatoms. The van der Waals surface area contributed by atoms with E-state index in [1.54, 1.807) is 6.20 Å². The number of hydrogen-bond acceptors (Lipinski definition) is 5. The van der Waals surface area contributed by atoms with Gasteiger partial charge < -0.3 is 16.0 Å². The lowest BCUT2D eigenvalue weighted by Gasteiger charge is -2.11. The Labute approximate surface area is 110 Å². The van der Waals surface area contributed by atoms with Gasteiger partial charge >= 0.3 is 0 Å². The van der Waals surface area contributed by atoms with Crippen LogP contribution >= 0.6 is 0 Å². The van der Waals surface area contributed by atoms with E-state index in [-0.39, 0.29) is 23.9 Å². The fraction of sp³-hybridized carbons (Fsp3) is 0.500. The van der Waals surface area contributed by atoms with Gasteiger partial charge in [-0.05, 0) is 6.42 Å². The third-order valence-corrected chi connectivity index (χ3v) is 3.14. The number of carbonyl (C=O) groups is 3. The van der Waals surface area contributed by atoms with Crippen molar-refractivity contribution in [3.8, 4) is 0 Å². The summed E-state index contributed by atoms with van der Waals surface area (Å²) in [5.41, 5.74) is 6.50. The number of rotatable bonds is 6. The Morgan fingerprint density at radius 3 is 2.89 bits per heavy atom. The zero-order valence-electron chi connectivity index (χ0n) is 10.4. The van der Waals surface area contributed by atoms with Crippen LogP contribution in [0, 0.1) is 0 Å². The van der Waals surface area contributed by atoms with Crippen LogP contribution in [0.3, 0.4) is 0 Å². The van der Waals surface area contributed by atoms with Crippen LogP contribution in [0.25, 0.3) is 0 Å². The molecule has 1 aliphatic heterocycles. The number of H-pyrrole nitrogens is 1. The van der Waals surface area contributed by atoms with Crippen LogP contribution in [0.2, 0.25) is 0 Å². The van der Waals surface area contributed by atoms with Gasteiger partial charge in [0.15, 0.2) is 11.6 Å². The van der Waals surface area contributed by atoms with E-state index in [1.165, 1.54) is 6.33 Å². The lowest BCUT2D eigenvalue weighted by atomic mass is 10.00. The van der Waals surface area contributed by atoms with Crippen LogP contribution in [0.5, 0.6) is 0 Å². The van der Waals surface area contributed by atoms with E-state index < -0.39 is 12.1 Å². The topological polar surface area (TPSA) is 118 Å². The summed E-state index contributed by atoms with van der Waals surface area (Å²) in [4.78, 5) is 41.3. The lowest BCUT2D eigenvalue weighted by Crippen LogP contribution is -2.39. The fourth-order valence-corrected chi connectivity index (χ4v) is 2.03. The van der Waals surface area contributed by atoms with Crippen molar-refractivity contribution in [1.82, 2.24) is 15.3 Å². The average molecular weight is 264 g/mol. The maximum atomic E-state index is 11.8. The highest BCUT2D eigenvalue weighted by Gasteiger charge is 2.29. The molecule has 1 unspecified atom stereocenters. The number of nitrogens with zero attached hydrogens (tertiary/aromatic N) is 1. The number of Topliss-reactive ketones (excluding diaryl/α,β-unsaturated/α-hetero) is 2. The predicted octanol–water partition coefficient (Wildman–Crippen LogP) is -0.914. The highest BCUT2D eigenvalue weighted by atomic mass is 16.2. The SMILES string of the molecule is N[C@@H](Cc1cnc[nH]1)C(=O)CC(=O)C1CCC(=O)N1.